The van der Waals surface area contributed by atoms with Crippen LogP contribution in [0, 0.1) is 23.7 Å². The second-order valence-corrected chi connectivity index (χ2v) is 7.73. The maximum atomic E-state index is 12.4. The minimum atomic E-state index is -0.171. The Balaban J connectivity index is 1.97. The molecule has 0 fully saturated rings. The van der Waals surface area contributed by atoms with Crippen molar-refractivity contribution >= 4 is 43.5 Å². The molecule has 1 atom stereocenters. The van der Waals surface area contributed by atoms with Gasteiger partial charge in [-0.25, -0.2) is 9.97 Å². The molecule has 0 radical (unpaired) electrons. The molecule has 0 aliphatic carbocycles. The Bertz CT molecular complexity index is 1380. The summed E-state index contributed by atoms with van der Waals surface area (Å²) in [6.07, 6.45) is 0.304. The zero-order valence-electron chi connectivity index (χ0n) is 14.8. The fourth-order valence-electron chi connectivity index (χ4n) is 3.82. The van der Waals surface area contributed by atoms with Crippen LogP contribution in [0.25, 0.3) is 21.3 Å². The van der Waals surface area contributed by atoms with Gasteiger partial charge in [-0.15, -0.1) is 0 Å². The molecule has 136 valence electrons. The van der Waals surface area contributed by atoms with Crippen molar-refractivity contribution in [3.63, 3.8) is 0 Å². The van der Waals surface area contributed by atoms with Crippen molar-refractivity contribution in [1.82, 2.24) is 15.0 Å². The van der Waals surface area contributed by atoms with Crippen molar-refractivity contribution in [1.29, 1.82) is 10.7 Å². The quantitative estimate of drug-likeness (QED) is 0.465. The lowest BCUT2D eigenvalue weighted by Gasteiger charge is -2.27. The second kappa shape index (κ2) is 5.97. The average Bonchev–Trinajstić information content (AvgIpc) is 2.67. The normalized spacial score (nSPS) is 16.0. The molecule has 5 rings (SSSR count). The third-order valence-electron chi connectivity index (χ3n) is 4.99. The van der Waals surface area contributed by atoms with Crippen molar-refractivity contribution in [2.75, 3.05) is 5.32 Å². The van der Waals surface area contributed by atoms with Crippen molar-refractivity contribution in [3.8, 4) is 6.07 Å². The topological polar surface area (TPSA) is 118 Å². The van der Waals surface area contributed by atoms with Gasteiger partial charge in [0.05, 0.1) is 16.4 Å². The highest BCUT2D eigenvalue weighted by Gasteiger charge is 2.31. The number of anilines is 1. The van der Waals surface area contributed by atoms with Gasteiger partial charge in [0.15, 0.2) is 5.49 Å². The van der Waals surface area contributed by atoms with Crippen LogP contribution in [0.2, 0.25) is 0 Å². The summed E-state index contributed by atoms with van der Waals surface area (Å²) in [5, 5.41) is 22.2. The Morgan fingerprint density at radius 2 is 2.07 bits per heavy atom. The SMILES string of the molecule is Cc1nc2sc3c(c4nc(=N)c(C#N)c([nH]1)c24)C(c1ccccc1)CC(=O)N3. The van der Waals surface area contributed by atoms with Gasteiger partial charge in [-0.1, -0.05) is 41.7 Å². The molecular weight excluding hydrogens is 372 g/mol. The molecule has 0 saturated heterocycles. The van der Waals surface area contributed by atoms with E-state index in [4.69, 9.17) is 5.41 Å². The molecule has 0 saturated carbocycles. The molecule has 1 aliphatic heterocycles. The van der Waals surface area contributed by atoms with Gasteiger partial charge < -0.3 is 10.3 Å². The Labute approximate surface area is 163 Å². The number of aromatic amines is 1. The number of nitriles is 1. The number of nitrogens with zero attached hydrogens (tertiary/aromatic N) is 3. The minimum absolute atomic E-state index is 0.0567. The van der Waals surface area contributed by atoms with Crippen LogP contribution in [-0.4, -0.2) is 20.9 Å². The molecule has 1 aromatic carbocycles. The third-order valence-corrected chi connectivity index (χ3v) is 6.00. The molecule has 1 amide bonds. The summed E-state index contributed by atoms with van der Waals surface area (Å²) in [7, 11) is 0. The first-order valence-electron chi connectivity index (χ1n) is 8.73. The van der Waals surface area contributed by atoms with Crippen LogP contribution in [0.5, 0.6) is 0 Å². The minimum Gasteiger partial charge on any atom is -0.342 e. The third kappa shape index (κ3) is 2.33. The number of H-pyrrole nitrogens is 1. The van der Waals surface area contributed by atoms with Gasteiger partial charge in [0.2, 0.25) is 5.91 Å². The van der Waals surface area contributed by atoms with E-state index in [-0.39, 0.29) is 22.9 Å². The Morgan fingerprint density at radius 3 is 2.82 bits per heavy atom. The lowest BCUT2D eigenvalue weighted by atomic mass is 9.86. The van der Waals surface area contributed by atoms with Crippen molar-refractivity contribution in [3.05, 3.63) is 58.3 Å². The van der Waals surface area contributed by atoms with Gasteiger partial charge in [-0.2, -0.15) is 5.26 Å². The molecule has 4 heterocycles. The van der Waals surface area contributed by atoms with E-state index >= 15 is 0 Å². The first kappa shape index (κ1) is 16.6. The predicted molar refractivity (Wildman–Crippen MR) is 106 cm³/mol. The van der Waals surface area contributed by atoms with Crippen molar-refractivity contribution < 1.29 is 4.79 Å². The number of nitrogens with one attached hydrogen (secondary N) is 3. The maximum Gasteiger partial charge on any atom is 0.225 e. The van der Waals surface area contributed by atoms with E-state index in [9.17, 15) is 10.1 Å². The number of aryl methyl sites for hydroxylation is 1. The molecule has 0 bridgehead atoms. The summed E-state index contributed by atoms with van der Waals surface area (Å²) in [6.45, 7) is 1.80. The number of rotatable bonds is 1. The number of pyridine rings is 1. The van der Waals surface area contributed by atoms with E-state index in [1.807, 2.05) is 30.3 Å². The fraction of sp³-hybridized carbons (Fsp3) is 0.150. The van der Waals surface area contributed by atoms with E-state index < -0.39 is 0 Å². The number of fused-ring (bicyclic) bond motifs is 2. The van der Waals surface area contributed by atoms with Gasteiger partial charge in [0.1, 0.15) is 27.3 Å². The molecule has 28 heavy (non-hydrogen) atoms. The maximum absolute atomic E-state index is 12.4. The van der Waals surface area contributed by atoms with Crippen molar-refractivity contribution in [2.24, 2.45) is 0 Å². The lowest BCUT2D eigenvalue weighted by molar-refractivity contribution is -0.116. The lowest BCUT2D eigenvalue weighted by Crippen LogP contribution is -2.24. The smallest absolute Gasteiger partial charge is 0.225 e. The number of benzene rings is 1. The van der Waals surface area contributed by atoms with Crippen molar-refractivity contribution in [2.45, 2.75) is 19.3 Å². The van der Waals surface area contributed by atoms with E-state index in [0.717, 1.165) is 16.5 Å². The molecule has 3 N–H and O–H groups in total. The Hall–Kier alpha value is -3.57. The Morgan fingerprint density at radius 1 is 1.29 bits per heavy atom. The monoisotopic (exact) mass is 386 g/mol. The number of hydrogen-bond donors (Lipinski definition) is 3. The highest BCUT2D eigenvalue weighted by Crippen LogP contribution is 2.45. The molecule has 7 nitrogen and oxygen atoms in total. The van der Waals surface area contributed by atoms with Crippen LogP contribution < -0.4 is 10.8 Å². The summed E-state index contributed by atoms with van der Waals surface area (Å²) < 4.78 is 0. The second-order valence-electron chi connectivity index (χ2n) is 6.73. The van der Waals surface area contributed by atoms with Gasteiger partial charge in [-0.05, 0) is 12.5 Å². The first-order chi connectivity index (χ1) is 13.6. The summed E-state index contributed by atoms with van der Waals surface area (Å²) >= 11 is 1.38. The highest BCUT2D eigenvalue weighted by atomic mass is 32.1. The van der Waals surface area contributed by atoms with Crippen LogP contribution in [0.1, 0.15) is 34.9 Å². The molecule has 1 aliphatic rings. The summed E-state index contributed by atoms with van der Waals surface area (Å²) in [6, 6.07) is 11.9. The fourth-order valence-corrected chi connectivity index (χ4v) is 5.01. The standard InChI is InChI=1S/C20H14N6OS/c1-9-23-16-12(8-21)18(22)26-17-14-11(10-5-3-2-4-6-10)7-13(27)25-19(14)28-20(24-9)15(16)17/h2-6,11,22H,7H2,1H3,(H,23,24)(H,25,27). The highest BCUT2D eigenvalue weighted by molar-refractivity contribution is 7.22. The average molecular weight is 386 g/mol. The number of amides is 1. The molecule has 8 heteroatoms. The van der Waals surface area contributed by atoms with Crippen LogP contribution in [0.15, 0.2) is 30.3 Å². The number of carbonyl (C=O) groups excluding carboxylic acids is 1. The van der Waals surface area contributed by atoms with Crippen LogP contribution in [0.4, 0.5) is 5.00 Å². The first-order valence-corrected chi connectivity index (χ1v) is 9.55. The largest absolute Gasteiger partial charge is 0.342 e. The number of aromatic nitrogens is 3. The molecule has 4 aromatic rings. The van der Waals surface area contributed by atoms with Gasteiger partial charge in [-0.3, -0.25) is 10.2 Å². The van der Waals surface area contributed by atoms with Crippen LogP contribution in [-0.2, 0) is 4.79 Å². The van der Waals surface area contributed by atoms with Gasteiger partial charge in [0, 0.05) is 17.9 Å². The van der Waals surface area contributed by atoms with E-state index in [2.05, 4.69) is 26.3 Å². The van der Waals surface area contributed by atoms with Gasteiger partial charge in [0.25, 0.3) is 0 Å². The summed E-state index contributed by atoms with van der Waals surface area (Å²) in [4.78, 5) is 25.3. The molecule has 3 aromatic heterocycles. The molecular formula is C20H14N6OS. The zero-order chi connectivity index (χ0) is 19.4. The zero-order valence-corrected chi connectivity index (χ0v) is 15.6. The molecule has 1 unspecified atom stereocenters. The van der Waals surface area contributed by atoms with Crippen LogP contribution >= 0.6 is 11.3 Å². The summed E-state index contributed by atoms with van der Waals surface area (Å²) in [5.41, 5.74) is 3.20. The Kier molecular flexibility index (Phi) is 3.54. The number of carbonyl (C=O) groups is 1. The molecule has 0 spiro atoms. The van der Waals surface area contributed by atoms with Gasteiger partial charge >= 0.3 is 0 Å². The van der Waals surface area contributed by atoms with Crippen LogP contribution in [0.3, 0.4) is 0 Å². The summed E-state index contributed by atoms with van der Waals surface area (Å²) in [5.74, 6) is 0.405. The van der Waals surface area contributed by atoms with E-state index in [1.54, 1.807) is 6.92 Å². The van der Waals surface area contributed by atoms with E-state index in [0.29, 0.717) is 33.1 Å². The van der Waals surface area contributed by atoms with E-state index in [1.165, 1.54) is 11.3 Å². The predicted octanol–water partition coefficient (Wildman–Crippen LogP) is 3.31. The number of hydrogen-bond acceptors (Lipinski definition) is 6.